The second-order valence-corrected chi connectivity index (χ2v) is 6.54. The Labute approximate surface area is 151 Å². The van der Waals surface area contributed by atoms with E-state index in [9.17, 15) is 4.39 Å². The van der Waals surface area contributed by atoms with Crippen LogP contribution in [0.4, 0.5) is 4.39 Å². The van der Waals surface area contributed by atoms with Gasteiger partial charge in [-0.2, -0.15) is 0 Å². The van der Waals surface area contributed by atoms with Crippen LogP contribution in [0.1, 0.15) is 17.0 Å². The van der Waals surface area contributed by atoms with Crippen molar-refractivity contribution in [2.24, 2.45) is 5.73 Å². The van der Waals surface area contributed by atoms with Gasteiger partial charge in [0.25, 0.3) is 0 Å². The van der Waals surface area contributed by atoms with E-state index in [4.69, 9.17) is 10.5 Å². The summed E-state index contributed by atoms with van der Waals surface area (Å²) in [6, 6.07) is 17.1. The number of aromatic nitrogens is 1. The smallest absolute Gasteiger partial charge is 0.123 e. The quantitative estimate of drug-likeness (QED) is 0.547. The molecule has 132 valence electrons. The van der Waals surface area contributed by atoms with Gasteiger partial charge in [0.2, 0.25) is 0 Å². The Balaban J connectivity index is 1.82. The van der Waals surface area contributed by atoms with Crippen LogP contribution in [0.25, 0.3) is 21.7 Å². The Morgan fingerprint density at radius 1 is 1.08 bits per heavy atom. The van der Waals surface area contributed by atoms with Gasteiger partial charge in [-0.15, -0.1) is 0 Å². The molecule has 1 aromatic heterocycles. The minimum Gasteiger partial charge on any atom is -0.496 e. The van der Waals surface area contributed by atoms with Crippen LogP contribution in [0.3, 0.4) is 0 Å². The van der Waals surface area contributed by atoms with Crippen LogP contribution >= 0.6 is 0 Å². The summed E-state index contributed by atoms with van der Waals surface area (Å²) in [6.45, 7) is 0.468. The minimum atomic E-state index is -0.239. The number of hydrogen-bond acceptors (Lipinski definition) is 2. The van der Waals surface area contributed by atoms with E-state index in [0.29, 0.717) is 6.54 Å². The molecule has 4 aromatic rings. The molecule has 3 aromatic carbocycles. The molecule has 4 heteroatoms. The van der Waals surface area contributed by atoms with Gasteiger partial charge in [0.1, 0.15) is 11.6 Å². The lowest BCUT2D eigenvalue weighted by Crippen LogP contribution is -2.15. The number of halogens is 1. The van der Waals surface area contributed by atoms with Crippen molar-refractivity contribution in [2.45, 2.75) is 12.3 Å². The third kappa shape index (κ3) is 2.82. The highest BCUT2D eigenvalue weighted by molar-refractivity contribution is 5.88. The average Bonchev–Trinajstić information content (AvgIpc) is 3.08. The number of nitrogens with one attached hydrogen (secondary N) is 1. The van der Waals surface area contributed by atoms with Gasteiger partial charge in [0.15, 0.2) is 0 Å². The predicted molar refractivity (Wildman–Crippen MR) is 104 cm³/mol. The lowest BCUT2D eigenvalue weighted by molar-refractivity contribution is 0.409. The molecule has 1 atom stereocenters. The SMILES string of the molecule is COc1ccc2ccccc2c1CC(CN)c1c[nH]c2ccc(F)cc12. The van der Waals surface area contributed by atoms with Crippen LogP contribution < -0.4 is 10.5 Å². The Hall–Kier alpha value is -2.85. The van der Waals surface area contributed by atoms with E-state index in [2.05, 4.69) is 23.2 Å². The first-order valence-corrected chi connectivity index (χ1v) is 8.72. The monoisotopic (exact) mass is 348 g/mol. The third-order valence-corrected chi connectivity index (χ3v) is 5.07. The number of nitrogens with two attached hydrogens (primary N) is 1. The van der Waals surface area contributed by atoms with E-state index in [-0.39, 0.29) is 11.7 Å². The van der Waals surface area contributed by atoms with E-state index in [1.54, 1.807) is 19.2 Å². The summed E-state index contributed by atoms with van der Waals surface area (Å²) >= 11 is 0. The lowest BCUT2D eigenvalue weighted by atomic mass is 9.89. The number of fused-ring (bicyclic) bond motifs is 2. The molecule has 0 amide bonds. The number of rotatable bonds is 5. The second kappa shape index (κ2) is 6.81. The molecule has 26 heavy (non-hydrogen) atoms. The second-order valence-electron chi connectivity index (χ2n) is 6.54. The van der Waals surface area contributed by atoms with Gasteiger partial charge in [-0.1, -0.05) is 30.3 Å². The standard InChI is InChI=1S/C22H21FN2O/c1-26-22-9-6-14-4-2-3-5-17(14)19(22)10-15(12-24)20-13-25-21-8-7-16(23)11-18(20)21/h2-9,11,13,15,25H,10,12,24H2,1H3. The molecule has 1 unspecified atom stereocenters. The molecule has 0 aliphatic rings. The van der Waals surface area contributed by atoms with Gasteiger partial charge < -0.3 is 15.5 Å². The van der Waals surface area contributed by atoms with Crippen LogP contribution in [0.15, 0.2) is 60.8 Å². The van der Waals surface area contributed by atoms with Crippen molar-refractivity contribution in [2.75, 3.05) is 13.7 Å². The molecule has 0 saturated carbocycles. The molecule has 0 bridgehead atoms. The fourth-order valence-corrected chi connectivity index (χ4v) is 3.74. The van der Waals surface area contributed by atoms with Gasteiger partial charge in [0, 0.05) is 28.6 Å². The van der Waals surface area contributed by atoms with Crippen molar-refractivity contribution in [3.05, 3.63) is 77.7 Å². The van der Waals surface area contributed by atoms with Crippen LogP contribution in [-0.2, 0) is 6.42 Å². The first-order chi connectivity index (χ1) is 12.7. The topological polar surface area (TPSA) is 51.0 Å². The molecule has 0 aliphatic heterocycles. The summed E-state index contributed by atoms with van der Waals surface area (Å²) in [5, 5.41) is 3.22. The first kappa shape index (κ1) is 16.6. The molecule has 0 radical (unpaired) electrons. The van der Waals surface area contributed by atoms with Crippen molar-refractivity contribution in [1.29, 1.82) is 0 Å². The summed E-state index contributed by atoms with van der Waals surface area (Å²) in [5.41, 5.74) is 9.22. The molecule has 0 spiro atoms. The van der Waals surface area contributed by atoms with Crippen LogP contribution in [-0.4, -0.2) is 18.6 Å². The zero-order chi connectivity index (χ0) is 18.1. The zero-order valence-corrected chi connectivity index (χ0v) is 14.6. The molecule has 4 rings (SSSR count). The lowest BCUT2D eigenvalue weighted by Gasteiger charge is -2.18. The number of H-pyrrole nitrogens is 1. The van der Waals surface area contributed by atoms with Crippen molar-refractivity contribution in [3.63, 3.8) is 0 Å². The molecular formula is C22H21FN2O. The van der Waals surface area contributed by atoms with Crippen LogP contribution in [0.5, 0.6) is 5.75 Å². The largest absolute Gasteiger partial charge is 0.496 e. The molecule has 0 aliphatic carbocycles. The summed E-state index contributed by atoms with van der Waals surface area (Å²) in [6.07, 6.45) is 2.67. The first-order valence-electron chi connectivity index (χ1n) is 8.72. The van der Waals surface area contributed by atoms with Crippen molar-refractivity contribution in [3.8, 4) is 5.75 Å². The maximum Gasteiger partial charge on any atom is 0.123 e. The van der Waals surface area contributed by atoms with E-state index >= 15 is 0 Å². The molecule has 0 fully saturated rings. The van der Waals surface area contributed by atoms with Crippen LogP contribution in [0, 0.1) is 5.82 Å². The molecule has 0 saturated heterocycles. The maximum absolute atomic E-state index is 13.8. The normalized spacial score (nSPS) is 12.6. The highest BCUT2D eigenvalue weighted by atomic mass is 19.1. The predicted octanol–water partition coefficient (Wildman–Crippen LogP) is 4.75. The molecule has 1 heterocycles. The Bertz CT molecular complexity index is 1070. The summed E-state index contributed by atoms with van der Waals surface area (Å²) in [7, 11) is 1.69. The van der Waals surface area contributed by atoms with Crippen LogP contribution in [0.2, 0.25) is 0 Å². The number of methoxy groups -OCH3 is 1. The summed E-state index contributed by atoms with van der Waals surface area (Å²) in [5.74, 6) is 0.676. The highest BCUT2D eigenvalue weighted by Gasteiger charge is 2.19. The number of aromatic amines is 1. The average molecular weight is 348 g/mol. The maximum atomic E-state index is 13.8. The van der Waals surface area contributed by atoms with E-state index < -0.39 is 0 Å². The molecule has 3 nitrogen and oxygen atoms in total. The summed E-state index contributed by atoms with van der Waals surface area (Å²) < 4.78 is 19.4. The Morgan fingerprint density at radius 3 is 2.73 bits per heavy atom. The van der Waals surface area contributed by atoms with Gasteiger partial charge in [-0.25, -0.2) is 4.39 Å². The molecule has 3 N–H and O–H groups in total. The van der Waals surface area contributed by atoms with Gasteiger partial charge in [-0.3, -0.25) is 0 Å². The number of ether oxygens (including phenoxy) is 1. The Kier molecular flexibility index (Phi) is 4.35. The zero-order valence-electron chi connectivity index (χ0n) is 14.6. The third-order valence-electron chi connectivity index (χ3n) is 5.07. The fourth-order valence-electron chi connectivity index (χ4n) is 3.74. The van der Waals surface area contributed by atoms with Gasteiger partial charge in [0.05, 0.1) is 7.11 Å². The van der Waals surface area contributed by atoms with E-state index in [1.165, 1.54) is 11.5 Å². The van der Waals surface area contributed by atoms with E-state index in [0.717, 1.165) is 39.6 Å². The van der Waals surface area contributed by atoms with Gasteiger partial charge in [-0.05, 0) is 53.6 Å². The molecular weight excluding hydrogens is 327 g/mol. The van der Waals surface area contributed by atoms with Crippen molar-refractivity contribution >= 4 is 21.7 Å². The highest BCUT2D eigenvalue weighted by Crippen LogP contribution is 2.34. The van der Waals surface area contributed by atoms with Gasteiger partial charge >= 0.3 is 0 Å². The minimum absolute atomic E-state index is 0.0604. The number of benzene rings is 3. The summed E-state index contributed by atoms with van der Waals surface area (Å²) in [4.78, 5) is 3.23. The van der Waals surface area contributed by atoms with Crippen molar-refractivity contribution in [1.82, 2.24) is 4.98 Å². The van der Waals surface area contributed by atoms with Crippen molar-refractivity contribution < 1.29 is 9.13 Å². The Morgan fingerprint density at radius 2 is 1.92 bits per heavy atom. The fraction of sp³-hybridized carbons (Fsp3) is 0.182. The number of hydrogen-bond donors (Lipinski definition) is 2. The van der Waals surface area contributed by atoms with E-state index in [1.807, 2.05) is 24.4 Å².